The predicted molar refractivity (Wildman–Crippen MR) is 115 cm³/mol. The first-order valence-electron chi connectivity index (χ1n) is 9.96. The Labute approximate surface area is 173 Å². The number of aromatic nitrogens is 2. The van der Waals surface area contributed by atoms with E-state index in [2.05, 4.69) is 14.8 Å². The van der Waals surface area contributed by atoms with Crippen LogP contribution in [-0.2, 0) is 4.74 Å². The highest BCUT2D eigenvalue weighted by atomic mass is 32.1. The average Bonchev–Trinajstić information content (AvgIpc) is 3.23. The van der Waals surface area contributed by atoms with E-state index in [-0.39, 0.29) is 5.91 Å². The lowest BCUT2D eigenvalue weighted by atomic mass is 10.1. The van der Waals surface area contributed by atoms with Gasteiger partial charge in [-0.1, -0.05) is 17.4 Å². The Hall–Kier alpha value is -2.71. The summed E-state index contributed by atoms with van der Waals surface area (Å²) >= 11 is 1.65. The Morgan fingerprint density at radius 2 is 1.79 bits per heavy atom. The van der Waals surface area contributed by atoms with E-state index < -0.39 is 0 Å². The van der Waals surface area contributed by atoms with Crippen LogP contribution in [0.3, 0.4) is 0 Å². The number of morpholine rings is 1. The Morgan fingerprint density at radius 3 is 2.55 bits per heavy atom. The third-order valence-electron chi connectivity index (χ3n) is 5.45. The summed E-state index contributed by atoms with van der Waals surface area (Å²) in [5.74, 6) is 1.07. The van der Waals surface area contributed by atoms with Gasteiger partial charge in [-0.05, 0) is 30.3 Å². The van der Waals surface area contributed by atoms with Gasteiger partial charge in [-0.3, -0.25) is 4.79 Å². The summed E-state index contributed by atoms with van der Waals surface area (Å²) in [6.07, 6.45) is 1.81. The average molecular weight is 410 g/mol. The molecule has 2 saturated heterocycles. The minimum absolute atomic E-state index is 0.0916. The lowest BCUT2D eigenvalue weighted by molar-refractivity contribution is 0.0746. The Bertz CT molecular complexity index is 995. The minimum Gasteiger partial charge on any atom is -0.378 e. The van der Waals surface area contributed by atoms with Crippen molar-refractivity contribution in [2.24, 2.45) is 0 Å². The van der Waals surface area contributed by atoms with Crippen LogP contribution >= 0.6 is 11.3 Å². The number of hydrogen-bond acceptors (Lipinski definition) is 7. The van der Waals surface area contributed by atoms with Crippen molar-refractivity contribution < 1.29 is 9.53 Å². The molecule has 8 heteroatoms. The molecule has 7 nitrogen and oxygen atoms in total. The quantitative estimate of drug-likeness (QED) is 0.662. The maximum absolute atomic E-state index is 13.0. The molecule has 2 aromatic heterocycles. The summed E-state index contributed by atoms with van der Waals surface area (Å²) in [5, 5.41) is 1.01. The summed E-state index contributed by atoms with van der Waals surface area (Å²) in [4.78, 5) is 28.6. The van der Waals surface area contributed by atoms with E-state index in [1.807, 2.05) is 47.5 Å². The van der Waals surface area contributed by atoms with Gasteiger partial charge in [-0.15, -0.1) is 0 Å². The van der Waals surface area contributed by atoms with Crippen LogP contribution in [0.4, 0.5) is 10.9 Å². The highest BCUT2D eigenvalue weighted by Gasteiger charge is 2.23. The van der Waals surface area contributed by atoms with E-state index in [0.29, 0.717) is 13.1 Å². The first-order chi connectivity index (χ1) is 14.3. The van der Waals surface area contributed by atoms with Crippen LogP contribution in [0.2, 0.25) is 0 Å². The Morgan fingerprint density at radius 1 is 0.966 bits per heavy atom. The van der Waals surface area contributed by atoms with Crippen LogP contribution < -0.4 is 9.80 Å². The zero-order valence-electron chi connectivity index (χ0n) is 16.2. The lowest BCUT2D eigenvalue weighted by Crippen LogP contribution is -2.49. The first-order valence-corrected chi connectivity index (χ1v) is 10.8. The van der Waals surface area contributed by atoms with Gasteiger partial charge in [0.05, 0.1) is 23.4 Å². The molecule has 2 aliphatic heterocycles. The van der Waals surface area contributed by atoms with Crippen LogP contribution in [0.25, 0.3) is 10.2 Å². The molecule has 1 amide bonds. The summed E-state index contributed by atoms with van der Waals surface area (Å²) in [6.45, 7) is 6.22. The largest absolute Gasteiger partial charge is 0.378 e. The van der Waals surface area contributed by atoms with Crippen molar-refractivity contribution in [2.75, 3.05) is 62.3 Å². The van der Waals surface area contributed by atoms with Crippen LogP contribution in [0, 0.1) is 0 Å². The lowest BCUT2D eigenvalue weighted by Gasteiger charge is -2.35. The SMILES string of the molecule is O=C(c1ccc2nc(N3CCOCC3)sc2c1)N1CCN(c2ccccn2)CC1. The van der Waals surface area contributed by atoms with Crippen molar-refractivity contribution >= 4 is 38.4 Å². The molecule has 1 aromatic carbocycles. The standard InChI is InChI=1S/C21H23N5O2S/c27-20(25-9-7-24(8-10-25)19-3-1-2-6-22-19)16-4-5-17-18(15-16)29-21(23-17)26-11-13-28-14-12-26/h1-6,15H,7-14H2. The second-order valence-corrected chi connectivity index (χ2v) is 8.25. The van der Waals surface area contributed by atoms with Crippen LogP contribution in [-0.4, -0.2) is 73.3 Å². The highest BCUT2D eigenvalue weighted by Crippen LogP contribution is 2.30. The van der Waals surface area contributed by atoms with E-state index in [9.17, 15) is 4.79 Å². The smallest absolute Gasteiger partial charge is 0.254 e. The number of pyridine rings is 1. The molecule has 0 radical (unpaired) electrons. The van der Waals surface area contributed by atoms with Gasteiger partial charge in [0.2, 0.25) is 0 Å². The normalized spacial score (nSPS) is 17.7. The predicted octanol–water partition coefficient (Wildman–Crippen LogP) is 2.49. The number of piperazine rings is 1. The number of carbonyl (C=O) groups is 1. The van der Waals surface area contributed by atoms with Gasteiger partial charge in [0, 0.05) is 51.0 Å². The van der Waals surface area contributed by atoms with Gasteiger partial charge in [-0.25, -0.2) is 9.97 Å². The molecule has 0 N–H and O–H groups in total. The van der Waals surface area contributed by atoms with Gasteiger partial charge < -0.3 is 19.4 Å². The minimum atomic E-state index is 0.0916. The third-order valence-corrected chi connectivity index (χ3v) is 6.52. The van der Waals surface area contributed by atoms with Crippen LogP contribution in [0.15, 0.2) is 42.6 Å². The number of anilines is 2. The topological polar surface area (TPSA) is 61.8 Å². The van der Waals surface area contributed by atoms with Crippen molar-refractivity contribution in [3.63, 3.8) is 0 Å². The van der Waals surface area contributed by atoms with E-state index in [1.165, 1.54) is 0 Å². The molecule has 29 heavy (non-hydrogen) atoms. The second kappa shape index (κ2) is 7.96. The number of fused-ring (bicyclic) bond motifs is 1. The van der Waals surface area contributed by atoms with E-state index in [1.54, 1.807) is 11.3 Å². The molecule has 4 heterocycles. The molecule has 0 saturated carbocycles. The zero-order valence-corrected chi connectivity index (χ0v) is 17.0. The van der Waals surface area contributed by atoms with E-state index in [0.717, 1.165) is 66.1 Å². The van der Waals surface area contributed by atoms with Gasteiger partial charge in [0.1, 0.15) is 5.82 Å². The van der Waals surface area contributed by atoms with Crippen LogP contribution in [0.5, 0.6) is 0 Å². The number of carbonyl (C=O) groups excluding carboxylic acids is 1. The Balaban J connectivity index is 1.28. The zero-order chi connectivity index (χ0) is 19.6. The number of thiazole rings is 1. The fourth-order valence-corrected chi connectivity index (χ4v) is 4.85. The van der Waals surface area contributed by atoms with Gasteiger partial charge in [0.15, 0.2) is 5.13 Å². The first kappa shape index (κ1) is 18.3. The molecule has 0 spiro atoms. The van der Waals surface area contributed by atoms with Gasteiger partial charge in [0.25, 0.3) is 5.91 Å². The fraction of sp³-hybridized carbons (Fsp3) is 0.381. The van der Waals surface area contributed by atoms with Gasteiger partial charge >= 0.3 is 0 Å². The third kappa shape index (κ3) is 3.77. The van der Waals surface area contributed by atoms with Crippen molar-refractivity contribution in [2.45, 2.75) is 0 Å². The molecule has 150 valence electrons. The van der Waals surface area contributed by atoms with Crippen molar-refractivity contribution in [3.05, 3.63) is 48.2 Å². The molecule has 0 atom stereocenters. The summed E-state index contributed by atoms with van der Waals surface area (Å²) in [5.41, 5.74) is 1.69. The molecule has 5 rings (SSSR count). The van der Waals surface area contributed by atoms with Crippen molar-refractivity contribution in [1.82, 2.24) is 14.9 Å². The molecular weight excluding hydrogens is 386 g/mol. The molecular formula is C21H23N5O2S. The van der Waals surface area contributed by atoms with Crippen molar-refractivity contribution in [1.29, 1.82) is 0 Å². The number of benzene rings is 1. The van der Waals surface area contributed by atoms with Gasteiger partial charge in [-0.2, -0.15) is 0 Å². The van der Waals surface area contributed by atoms with Crippen molar-refractivity contribution in [3.8, 4) is 0 Å². The second-order valence-electron chi connectivity index (χ2n) is 7.25. The Kier molecular flexibility index (Phi) is 5.03. The number of amides is 1. The molecule has 2 aliphatic rings. The number of hydrogen-bond donors (Lipinski definition) is 0. The van der Waals surface area contributed by atoms with Crippen LogP contribution in [0.1, 0.15) is 10.4 Å². The summed E-state index contributed by atoms with van der Waals surface area (Å²) in [7, 11) is 0. The number of rotatable bonds is 3. The van der Waals surface area contributed by atoms with E-state index >= 15 is 0 Å². The fourth-order valence-electron chi connectivity index (χ4n) is 3.80. The molecule has 2 fully saturated rings. The molecule has 0 bridgehead atoms. The highest BCUT2D eigenvalue weighted by molar-refractivity contribution is 7.22. The van der Waals surface area contributed by atoms with E-state index in [4.69, 9.17) is 9.72 Å². The monoisotopic (exact) mass is 409 g/mol. The molecule has 0 unspecified atom stereocenters. The molecule has 0 aliphatic carbocycles. The maximum atomic E-state index is 13.0. The number of ether oxygens (including phenoxy) is 1. The summed E-state index contributed by atoms with van der Waals surface area (Å²) < 4.78 is 6.49. The summed E-state index contributed by atoms with van der Waals surface area (Å²) in [6, 6.07) is 11.8. The number of nitrogens with zero attached hydrogens (tertiary/aromatic N) is 5. The maximum Gasteiger partial charge on any atom is 0.254 e. The molecule has 3 aromatic rings.